The Hall–Kier alpha value is -2.68. The first-order valence-corrected chi connectivity index (χ1v) is 8.87. The molecule has 9 nitrogen and oxygen atoms in total. The lowest BCUT2D eigenvalue weighted by molar-refractivity contribution is -0.385. The van der Waals surface area contributed by atoms with Gasteiger partial charge in [-0.05, 0) is 30.9 Å². The molecule has 146 valence electrons. The van der Waals surface area contributed by atoms with E-state index in [1.165, 1.54) is 6.07 Å². The Morgan fingerprint density at radius 2 is 2.00 bits per heavy atom. The van der Waals surface area contributed by atoms with E-state index in [1.54, 1.807) is 0 Å². The van der Waals surface area contributed by atoms with Crippen LogP contribution < -0.4 is 10.6 Å². The van der Waals surface area contributed by atoms with Gasteiger partial charge >= 0.3 is 12.0 Å². The highest BCUT2D eigenvalue weighted by Crippen LogP contribution is 2.24. The third-order valence-electron chi connectivity index (χ3n) is 4.39. The number of urea groups is 1. The van der Waals surface area contributed by atoms with Crippen LogP contribution in [0.4, 0.5) is 10.5 Å². The van der Waals surface area contributed by atoms with Gasteiger partial charge in [-0.2, -0.15) is 0 Å². The molecule has 0 unspecified atom stereocenters. The number of nitrogens with one attached hydrogen (secondary N) is 2. The maximum absolute atomic E-state index is 12.0. The molecule has 0 radical (unpaired) electrons. The van der Waals surface area contributed by atoms with E-state index in [4.69, 9.17) is 16.3 Å². The average Bonchev–Trinajstić information content (AvgIpc) is 2.61. The monoisotopic (exact) mass is 397 g/mol. The Labute approximate surface area is 160 Å². The average molecular weight is 398 g/mol. The minimum absolute atomic E-state index is 0.0109. The fourth-order valence-corrected chi connectivity index (χ4v) is 3.11. The number of esters is 1. The molecule has 2 atom stereocenters. The van der Waals surface area contributed by atoms with Crippen LogP contribution >= 0.6 is 11.6 Å². The summed E-state index contributed by atoms with van der Waals surface area (Å²) < 4.78 is 4.75. The number of ether oxygens (including phenoxy) is 1. The summed E-state index contributed by atoms with van der Waals surface area (Å²) in [6, 6.07) is 2.74. The van der Waals surface area contributed by atoms with Gasteiger partial charge < -0.3 is 10.1 Å². The predicted octanol–water partition coefficient (Wildman–Crippen LogP) is 2.81. The van der Waals surface area contributed by atoms with E-state index >= 15 is 0 Å². The molecular formula is C17H20ClN3O6. The number of nitro groups is 1. The summed E-state index contributed by atoms with van der Waals surface area (Å²) in [5.74, 6) is -1.60. The van der Waals surface area contributed by atoms with Crippen molar-refractivity contribution in [2.75, 3.05) is 6.61 Å². The summed E-state index contributed by atoms with van der Waals surface area (Å²) in [5.41, 5.74) is -0.866. The van der Waals surface area contributed by atoms with Gasteiger partial charge in [0.1, 0.15) is 5.56 Å². The molecule has 1 fully saturated rings. The van der Waals surface area contributed by atoms with Gasteiger partial charge in [0.15, 0.2) is 6.61 Å². The Balaban J connectivity index is 1.86. The third kappa shape index (κ3) is 5.92. The quantitative estimate of drug-likeness (QED) is 0.446. The maximum atomic E-state index is 12.0. The van der Waals surface area contributed by atoms with Crippen molar-refractivity contribution in [1.29, 1.82) is 0 Å². The van der Waals surface area contributed by atoms with Gasteiger partial charge in [-0.25, -0.2) is 9.59 Å². The number of imide groups is 1. The van der Waals surface area contributed by atoms with Crippen molar-refractivity contribution in [1.82, 2.24) is 10.6 Å². The molecule has 0 saturated heterocycles. The number of halogens is 1. The van der Waals surface area contributed by atoms with E-state index in [0.29, 0.717) is 5.92 Å². The van der Waals surface area contributed by atoms with Gasteiger partial charge in [-0.15, -0.1) is 0 Å². The molecule has 27 heavy (non-hydrogen) atoms. The summed E-state index contributed by atoms with van der Waals surface area (Å²) in [5, 5.41) is 15.9. The molecule has 0 spiro atoms. The highest BCUT2D eigenvalue weighted by molar-refractivity contribution is 6.31. The molecule has 10 heteroatoms. The zero-order chi connectivity index (χ0) is 20.0. The SMILES string of the molecule is C[C@@H]1CCCC[C@H]1NC(=O)NC(=O)COC(=O)c1cc(Cl)ccc1[N+](=O)[O-]. The number of nitrogens with zero attached hydrogens (tertiary/aromatic N) is 1. The van der Waals surface area contributed by atoms with Crippen molar-refractivity contribution in [3.8, 4) is 0 Å². The number of carbonyl (C=O) groups excluding carboxylic acids is 3. The number of amides is 3. The number of hydrogen-bond acceptors (Lipinski definition) is 6. The van der Waals surface area contributed by atoms with Crippen LogP contribution in [0.3, 0.4) is 0 Å². The minimum Gasteiger partial charge on any atom is -0.452 e. The Morgan fingerprint density at radius 3 is 2.67 bits per heavy atom. The third-order valence-corrected chi connectivity index (χ3v) is 4.63. The fourth-order valence-electron chi connectivity index (χ4n) is 2.94. The summed E-state index contributed by atoms with van der Waals surface area (Å²) >= 11 is 5.74. The van der Waals surface area contributed by atoms with Crippen LogP contribution in [-0.2, 0) is 9.53 Å². The van der Waals surface area contributed by atoms with Crippen molar-refractivity contribution < 1.29 is 24.0 Å². The maximum Gasteiger partial charge on any atom is 0.345 e. The molecule has 0 aromatic heterocycles. The first-order chi connectivity index (χ1) is 12.8. The van der Waals surface area contributed by atoms with E-state index in [1.807, 2.05) is 6.92 Å². The first kappa shape index (κ1) is 20.6. The van der Waals surface area contributed by atoms with E-state index in [-0.39, 0.29) is 16.6 Å². The van der Waals surface area contributed by atoms with Crippen LogP contribution in [0.5, 0.6) is 0 Å². The number of rotatable bonds is 5. The molecule has 0 bridgehead atoms. The zero-order valence-corrected chi connectivity index (χ0v) is 15.5. The molecule has 1 aliphatic carbocycles. The second kappa shape index (κ2) is 9.31. The van der Waals surface area contributed by atoms with Crippen LogP contribution in [0, 0.1) is 16.0 Å². The lowest BCUT2D eigenvalue weighted by Gasteiger charge is -2.29. The molecule has 1 saturated carbocycles. The highest BCUT2D eigenvalue weighted by atomic mass is 35.5. The van der Waals surface area contributed by atoms with Gasteiger partial charge in [0, 0.05) is 17.1 Å². The van der Waals surface area contributed by atoms with Gasteiger partial charge in [-0.3, -0.25) is 20.2 Å². The second-order valence-corrected chi connectivity index (χ2v) is 6.82. The first-order valence-electron chi connectivity index (χ1n) is 8.49. The van der Waals surface area contributed by atoms with E-state index < -0.39 is 35.1 Å². The molecule has 3 amide bonds. The molecule has 1 aromatic rings. The van der Waals surface area contributed by atoms with Crippen LogP contribution in [0.25, 0.3) is 0 Å². The normalized spacial score (nSPS) is 19.0. The van der Waals surface area contributed by atoms with Gasteiger partial charge in [0.05, 0.1) is 4.92 Å². The van der Waals surface area contributed by atoms with Crippen molar-refractivity contribution in [3.05, 3.63) is 38.9 Å². The van der Waals surface area contributed by atoms with Crippen molar-refractivity contribution >= 4 is 35.2 Å². The van der Waals surface area contributed by atoms with Crippen molar-refractivity contribution in [2.45, 2.75) is 38.6 Å². The molecule has 2 N–H and O–H groups in total. The molecule has 1 aliphatic rings. The molecule has 1 aromatic carbocycles. The van der Waals surface area contributed by atoms with Crippen LogP contribution in [0.1, 0.15) is 43.0 Å². The number of hydrogen-bond donors (Lipinski definition) is 2. The predicted molar refractivity (Wildman–Crippen MR) is 96.5 cm³/mol. The Morgan fingerprint density at radius 1 is 1.30 bits per heavy atom. The number of benzene rings is 1. The van der Waals surface area contributed by atoms with Crippen LogP contribution in [0.2, 0.25) is 5.02 Å². The van der Waals surface area contributed by atoms with Crippen molar-refractivity contribution in [2.24, 2.45) is 5.92 Å². The van der Waals surface area contributed by atoms with Crippen molar-refractivity contribution in [3.63, 3.8) is 0 Å². The highest BCUT2D eigenvalue weighted by Gasteiger charge is 2.25. The number of nitro benzene ring substituents is 1. The summed E-state index contributed by atoms with van der Waals surface area (Å²) in [6.45, 7) is 1.28. The molecule has 0 heterocycles. The van der Waals surface area contributed by atoms with Crippen LogP contribution in [-0.4, -0.2) is 35.5 Å². The van der Waals surface area contributed by atoms with Gasteiger partial charge in [-0.1, -0.05) is 31.4 Å². The summed E-state index contributed by atoms with van der Waals surface area (Å²) in [6.07, 6.45) is 3.98. The lowest BCUT2D eigenvalue weighted by Crippen LogP contribution is -2.48. The van der Waals surface area contributed by atoms with E-state index in [9.17, 15) is 24.5 Å². The zero-order valence-electron chi connectivity index (χ0n) is 14.7. The van der Waals surface area contributed by atoms with Gasteiger partial charge in [0.2, 0.25) is 0 Å². The van der Waals surface area contributed by atoms with E-state index in [2.05, 4.69) is 10.6 Å². The largest absolute Gasteiger partial charge is 0.452 e. The smallest absolute Gasteiger partial charge is 0.345 e. The summed E-state index contributed by atoms with van der Waals surface area (Å²) in [4.78, 5) is 45.9. The molecular weight excluding hydrogens is 378 g/mol. The lowest BCUT2D eigenvalue weighted by atomic mass is 9.86. The molecule has 0 aliphatic heterocycles. The van der Waals surface area contributed by atoms with Gasteiger partial charge in [0.25, 0.3) is 11.6 Å². The second-order valence-electron chi connectivity index (χ2n) is 6.38. The van der Waals surface area contributed by atoms with Crippen LogP contribution in [0.15, 0.2) is 18.2 Å². The fraction of sp³-hybridized carbons (Fsp3) is 0.471. The number of carbonyl (C=O) groups is 3. The Kier molecular flexibility index (Phi) is 7.12. The minimum atomic E-state index is -1.08. The molecule has 2 rings (SSSR count). The van der Waals surface area contributed by atoms with E-state index in [0.717, 1.165) is 37.8 Å². The Bertz CT molecular complexity index is 754. The standard InChI is InChI=1S/C17H20ClN3O6/c1-10-4-2-3-5-13(10)19-17(24)20-15(22)9-27-16(23)12-8-11(18)6-7-14(12)21(25)26/h6-8,10,13H,2-5,9H2,1H3,(H2,19,20,22,24)/t10-,13-/m1/s1. The topological polar surface area (TPSA) is 128 Å². The summed E-state index contributed by atoms with van der Waals surface area (Å²) in [7, 11) is 0.